The molecular formula is C13H26N2O4. The molecule has 6 heteroatoms. The van der Waals surface area contributed by atoms with Crippen LogP contribution < -0.4 is 5.90 Å². The lowest BCUT2D eigenvalue weighted by molar-refractivity contribution is -0.0816. The zero-order valence-electron chi connectivity index (χ0n) is 12.6. The molecule has 19 heavy (non-hydrogen) atoms. The highest BCUT2D eigenvalue weighted by atomic mass is 16.6. The summed E-state index contributed by atoms with van der Waals surface area (Å²) in [6, 6.07) is -0.111. The van der Waals surface area contributed by atoms with Crippen molar-refractivity contribution in [3.8, 4) is 0 Å². The molecule has 1 amide bonds. The highest BCUT2D eigenvalue weighted by Crippen LogP contribution is 2.29. The van der Waals surface area contributed by atoms with Crippen molar-refractivity contribution in [3.63, 3.8) is 0 Å². The van der Waals surface area contributed by atoms with Crippen molar-refractivity contribution in [1.29, 1.82) is 0 Å². The highest BCUT2D eigenvalue weighted by Gasteiger charge is 2.40. The molecule has 0 bridgehead atoms. The summed E-state index contributed by atoms with van der Waals surface area (Å²) in [6.45, 7) is 11.4. The van der Waals surface area contributed by atoms with Gasteiger partial charge in [-0.2, -0.15) is 0 Å². The maximum atomic E-state index is 12.3. The van der Waals surface area contributed by atoms with Crippen molar-refractivity contribution in [2.75, 3.05) is 26.4 Å². The summed E-state index contributed by atoms with van der Waals surface area (Å²) in [5.41, 5.74) is -0.805. The van der Waals surface area contributed by atoms with E-state index in [9.17, 15) is 4.79 Å². The number of hydrogen-bond acceptors (Lipinski definition) is 5. The van der Waals surface area contributed by atoms with E-state index in [1.807, 2.05) is 34.6 Å². The lowest BCUT2D eigenvalue weighted by Gasteiger charge is -2.44. The predicted molar refractivity (Wildman–Crippen MR) is 71.5 cm³/mol. The van der Waals surface area contributed by atoms with Gasteiger partial charge in [0.15, 0.2) is 0 Å². The topological polar surface area (TPSA) is 74.0 Å². The van der Waals surface area contributed by atoms with Crippen LogP contribution in [0.4, 0.5) is 4.79 Å². The number of carbonyl (C=O) groups excluding carboxylic acids is 1. The second-order valence-electron chi connectivity index (χ2n) is 6.56. The minimum absolute atomic E-state index is 0.111. The fourth-order valence-corrected chi connectivity index (χ4v) is 2.10. The molecule has 0 aromatic carbocycles. The Labute approximate surface area is 115 Å². The van der Waals surface area contributed by atoms with Crippen molar-refractivity contribution in [3.05, 3.63) is 0 Å². The summed E-state index contributed by atoms with van der Waals surface area (Å²) in [6.07, 6.45) is -0.314. The van der Waals surface area contributed by atoms with E-state index in [0.29, 0.717) is 26.4 Å². The number of ether oxygens (including phenoxy) is 2. The summed E-state index contributed by atoms with van der Waals surface area (Å²) in [5.74, 6) is 5.17. The van der Waals surface area contributed by atoms with E-state index in [2.05, 4.69) is 0 Å². The van der Waals surface area contributed by atoms with Gasteiger partial charge in [0.1, 0.15) is 5.60 Å². The first kappa shape index (κ1) is 16.2. The smallest absolute Gasteiger partial charge is 0.410 e. The Hall–Kier alpha value is -0.850. The molecule has 0 aromatic heterocycles. The van der Waals surface area contributed by atoms with E-state index in [1.165, 1.54) is 0 Å². The number of morpholine rings is 1. The third-order valence-electron chi connectivity index (χ3n) is 3.11. The van der Waals surface area contributed by atoms with E-state index < -0.39 is 5.60 Å². The first-order valence-electron chi connectivity index (χ1n) is 6.56. The third kappa shape index (κ3) is 4.63. The Morgan fingerprint density at radius 2 is 2.00 bits per heavy atom. The van der Waals surface area contributed by atoms with E-state index in [-0.39, 0.29) is 17.6 Å². The quantitative estimate of drug-likeness (QED) is 0.790. The Morgan fingerprint density at radius 3 is 2.53 bits per heavy atom. The van der Waals surface area contributed by atoms with Crippen LogP contribution in [-0.4, -0.2) is 49.0 Å². The minimum Gasteiger partial charge on any atom is -0.444 e. The maximum absolute atomic E-state index is 12.3. The van der Waals surface area contributed by atoms with Crippen LogP contribution in [0.2, 0.25) is 0 Å². The largest absolute Gasteiger partial charge is 0.444 e. The molecule has 1 heterocycles. The van der Waals surface area contributed by atoms with Gasteiger partial charge in [-0.25, -0.2) is 10.7 Å². The highest BCUT2D eigenvalue weighted by molar-refractivity contribution is 5.68. The second kappa shape index (κ2) is 6.07. The summed E-state index contributed by atoms with van der Waals surface area (Å²) in [5, 5.41) is 0. The van der Waals surface area contributed by atoms with Crippen LogP contribution in [0.5, 0.6) is 0 Å². The molecule has 112 valence electrons. The lowest BCUT2D eigenvalue weighted by Crippen LogP contribution is -2.57. The number of hydrogen-bond donors (Lipinski definition) is 1. The molecule has 1 atom stereocenters. The lowest BCUT2D eigenvalue weighted by atomic mass is 9.84. The summed E-state index contributed by atoms with van der Waals surface area (Å²) in [7, 11) is 0. The average Bonchev–Trinajstić information content (AvgIpc) is 2.26. The Kier molecular flexibility index (Phi) is 5.18. The van der Waals surface area contributed by atoms with Crippen molar-refractivity contribution < 1.29 is 19.1 Å². The second-order valence-corrected chi connectivity index (χ2v) is 6.56. The Morgan fingerprint density at radius 1 is 1.37 bits per heavy atom. The van der Waals surface area contributed by atoms with Crippen LogP contribution in [0.1, 0.15) is 34.6 Å². The molecule has 1 aliphatic rings. The molecule has 0 aliphatic carbocycles. The first-order valence-corrected chi connectivity index (χ1v) is 6.56. The average molecular weight is 274 g/mol. The van der Waals surface area contributed by atoms with Crippen LogP contribution >= 0.6 is 0 Å². The van der Waals surface area contributed by atoms with Crippen LogP contribution in [0.15, 0.2) is 0 Å². The predicted octanol–water partition coefficient (Wildman–Crippen LogP) is 1.54. The van der Waals surface area contributed by atoms with Crippen LogP contribution in [0, 0.1) is 5.41 Å². The number of nitrogens with two attached hydrogens (primary N) is 1. The van der Waals surface area contributed by atoms with Gasteiger partial charge < -0.3 is 14.3 Å². The van der Waals surface area contributed by atoms with Crippen LogP contribution in [0.3, 0.4) is 0 Å². The molecule has 0 spiro atoms. The molecule has 6 nitrogen and oxygen atoms in total. The normalized spacial score (nSPS) is 21.4. The zero-order chi connectivity index (χ0) is 14.7. The molecule has 1 fully saturated rings. The number of nitrogens with zero attached hydrogens (tertiary/aromatic N) is 1. The zero-order valence-corrected chi connectivity index (χ0v) is 12.6. The van der Waals surface area contributed by atoms with E-state index in [0.717, 1.165) is 0 Å². The molecular weight excluding hydrogens is 248 g/mol. The van der Waals surface area contributed by atoms with Gasteiger partial charge in [0, 0.05) is 12.0 Å². The summed E-state index contributed by atoms with van der Waals surface area (Å²) in [4.78, 5) is 18.7. The molecule has 1 rings (SSSR count). The van der Waals surface area contributed by atoms with Gasteiger partial charge in [-0.1, -0.05) is 13.8 Å². The summed E-state index contributed by atoms with van der Waals surface area (Å²) >= 11 is 0. The van der Waals surface area contributed by atoms with Gasteiger partial charge in [-0.15, -0.1) is 0 Å². The van der Waals surface area contributed by atoms with Gasteiger partial charge in [0.2, 0.25) is 0 Å². The molecule has 1 saturated heterocycles. The molecule has 1 aliphatic heterocycles. The molecule has 0 aromatic rings. The molecule has 2 N–H and O–H groups in total. The molecule has 0 radical (unpaired) electrons. The number of carbonyl (C=O) groups is 1. The fourth-order valence-electron chi connectivity index (χ4n) is 2.10. The Balaban J connectivity index is 2.80. The van der Waals surface area contributed by atoms with E-state index >= 15 is 0 Å². The Bertz CT molecular complexity index is 312. The maximum Gasteiger partial charge on any atom is 0.410 e. The van der Waals surface area contributed by atoms with Gasteiger partial charge in [0.05, 0.1) is 25.9 Å². The SMILES string of the molecule is CC(C)(C)OC(=O)N1CCOCC1C(C)(C)CON. The van der Waals surface area contributed by atoms with Crippen molar-refractivity contribution in [2.45, 2.75) is 46.3 Å². The third-order valence-corrected chi connectivity index (χ3v) is 3.11. The van der Waals surface area contributed by atoms with Crippen molar-refractivity contribution >= 4 is 6.09 Å². The van der Waals surface area contributed by atoms with Crippen molar-refractivity contribution in [1.82, 2.24) is 4.90 Å². The minimum atomic E-state index is -0.506. The van der Waals surface area contributed by atoms with Crippen LogP contribution in [-0.2, 0) is 14.3 Å². The number of rotatable bonds is 3. The van der Waals surface area contributed by atoms with E-state index in [4.69, 9.17) is 20.2 Å². The molecule has 0 saturated carbocycles. The van der Waals surface area contributed by atoms with Gasteiger partial charge in [-0.3, -0.25) is 4.90 Å². The standard InChI is InChI=1S/C13H26N2O4/c1-12(2,3)19-11(16)15-6-7-17-8-10(15)13(4,5)9-18-14/h10H,6-9,14H2,1-5H3. The first-order chi connectivity index (χ1) is 8.67. The van der Waals surface area contributed by atoms with E-state index in [1.54, 1.807) is 4.90 Å². The fraction of sp³-hybridized carbons (Fsp3) is 0.923. The van der Waals surface area contributed by atoms with Crippen LogP contribution in [0.25, 0.3) is 0 Å². The monoisotopic (exact) mass is 274 g/mol. The summed E-state index contributed by atoms with van der Waals surface area (Å²) < 4.78 is 10.9. The molecule has 1 unspecified atom stereocenters. The number of amides is 1. The van der Waals surface area contributed by atoms with Gasteiger partial charge in [0.25, 0.3) is 0 Å². The van der Waals surface area contributed by atoms with Gasteiger partial charge >= 0.3 is 6.09 Å². The van der Waals surface area contributed by atoms with Gasteiger partial charge in [-0.05, 0) is 20.8 Å². The van der Waals surface area contributed by atoms with Crippen molar-refractivity contribution in [2.24, 2.45) is 11.3 Å².